The molecule has 1 aliphatic heterocycles. The fraction of sp³-hybridized carbons (Fsp3) is 0.462. The zero-order chi connectivity index (χ0) is 14.0. The van der Waals surface area contributed by atoms with Crippen LogP contribution in [0.4, 0.5) is 0 Å². The Morgan fingerprint density at radius 1 is 1.53 bits per heavy atom. The highest BCUT2D eigenvalue weighted by Gasteiger charge is 2.29. The Morgan fingerprint density at radius 2 is 2.21 bits per heavy atom. The van der Waals surface area contributed by atoms with E-state index in [1.807, 2.05) is 7.05 Å². The standard InChI is InChI=1S/C13H18N2O4/c1-15-6-8(7-15)19-12-9(11(14)13(16)17)4-3-5-10(12)18-2/h3-5,8,11H,6-7,14H2,1-2H3,(H,16,17). The molecule has 1 unspecified atom stereocenters. The highest BCUT2D eigenvalue weighted by atomic mass is 16.5. The lowest BCUT2D eigenvalue weighted by atomic mass is 10.1. The SMILES string of the molecule is COc1cccc(C(N)C(=O)O)c1OC1CN(C)C1. The van der Waals surface area contributed by atoms with Gasteiger partial charge in [0.05, 0.1) is 7.11 Å². The van der Waals surface area contributed by atoms with E-state index >= 15 is 0 Å². The summed E-state index contributed by atoms with van der Waals surface area (Å²) >= 11 is 0. The monoisotopic (exact) mass is 266 g/mol. The first-order valence-electron chi connectivity index (χ1n) is 6.03. The van der Waals surface area contributed by atoms with Crippen LogP contribution in [0.25, 0.3) is 0 Å². The van der Waals surface area contributed by atoms with Gasteiger partial charge in [0.25, 0.3) is 0 Å². The molecular weight excluding hydrogens is 248 g/mol. The Bertz CT molecular complexity index is 472. The number of carbonyl (C=O) groups is 1. The first-order valence-corrected chi connectivity index (χ1v) is 6.03. The summed E-state index contributed by atoms with van der Waals surface area (Å²) in [5.41, 5.74) is 6.11. The van der Waals surface area contributed by atoms with Crippen LogP contribution in [0.5, 0.6) is 11.5 Å². The molecule has 3 N–H and O–H groups in total. The molecule has 1 aliphatic rings. The number of nitrogens with two attached hydrogens (primary N) is 1. The number of carboxylic acid groups (broad SMARTS) is 1. The summed E-state index contributed by atoms with van der Waals surface area (Å²) in [4.78, 5) is 13.2. The molecule has 0 amide bonds. The Morgan fingerprint density at radius 3 is 2.74 bits per heavy atom. The Balaban J connectivity index is 2.28. The average molecular weight is 266 g/mol. The summed E-state index contributed by atoms with van der Waals surface area (Å²) in [6, 6.07) is 3.97. The molecule has 1 aromatic carbocycles. The fourth-order valence-electron chi connectivity index (χ4n) is 2.08. The zero-order valence-electron chi connectivity index (χ0n) is 11.0. The maximum absolute atomic E-state index is 11.0. The van der Waals surface area contributed by atoms with Crippen molar-refractivity contribution in [3.63, 3.8) is 0 Å². The first kappa shape index (κ1) is 13.6. The smallest absolute Gasteiger partial charge is 0.325 e. The quantitative estimate of drug-likeness (QED) is 0.806. The lowest BCUT2D eigenvalue weighted by molar-refractivity contribution is -0.138. The number of benzene rings is 1. The topological polar surface area (TPSA) is 85.0 Å². The summed E-state index contributed by atoms with van der Waals surface area (Å²) in [7, 11) is 3.51. The minimum absolute atomic E-state index is 0.0426. The van der Waals surface area contributed by atoms with Crippen molar-refractivity contribution < 1.29 is 19.4 Å². The van der Waals surface area contributed by atoms with Gasteiger partial charge in [-0.1, -0.05) is 12.1 Å². The van der Waals surface area contributed by atoms with E-state index in [4.69, 9.17) is 20.3 Å². The predicted octanol–water partition coefficient (Wildman–Crippen LogP) is 0.472. The van der Waals surface area contributed by atoms with Crippen molar-refractivity contribution in [2.75, 3.05) is 27.2 Å². The molecule has 19 heavy (non-hydrogen) atoms. The Labute approximate surface area is 111 Å². The molecule has 0 aromatic heterocycles. The van der Waals surface area contributed by atoms with Crippen molar-refractivity contribution in [1.29, 1.82) is 0 Å². The van der Waals surface area contributed by atoms with E-state index in [-0.39, 0.29) is 6.10 Å². The van der Waals surface area contributed by atoms with E-state index in [2.05, 4.69) is 4.90 Å². The molecule has 1 fully saturated rings. The van der Waals surface area contributed by atoms with Gasteiger partial charge >= 0.3 is 5.97 Å². The lowest BCUT2D eigenvalue weighted by Crippen LogP contribution is -2.51. The molecule has 0 bridgehead atoms. The van der Waals surface area contributed by atoms with E-state index < -0.39 is 12.0 Å². The number of ether oxygens (including phenoxy) is 2. The van der Waals surface area contributed by atoms with Gasteiger partial charge in [0.15, 0.2) is 11.5 Å². The van der Waals surface area contributed by atoms with Crippen LogP contribution in [0.15, 0.2) is 18.2 Å². The van der Waals surface area contributed by atoms with Crippen LogP contribution in [-0.4, -0.2) is 49.3 Å². The molecular formula is C13H18N2O4. The van der Waals surface area contributed by atoms with Gasteiger partial charge in [-0.25, -0.2) is 0 Å². The van der Waals surface area contributed by atoms with E-state index in [1.54, 1.807) is 18.2 Å². The molecule has 0 spiro atoms. The van der Waals surface area contributed by atoms with E-state index in [1.165, 1.54) is 7.11 Å². The molecule has 6 heteroatoms. The normalized spacial score (nSPS) is 17.6. The predicted molar refractivity (Wildman–Crippen MR) is 69.5 cm³/mol. The van der Waals surface area contributed by atoms with Crippen LogP contribution in [0.1, 0.15) is 11.6 Å². The van der Waals surface area contributed by atoms with Gasteiger partial charge in [0, 0.05) is 18.7 Å². The third-order valence-electron chi connectivity index (χ3n) is 3.15. The summed E-state index contributed by atoms with van der Waals surface area (Å²) in [6.07, 6.45) is 0.0426. The first-order chi connectivity index (χ1) is 9.02. The Kier molecular flexibility index (Phi) is 3.92. The molecule has 1 heterocycles. The van der Waals surface area contributed by atoms with Gasteiger partial charge in [-0.05, 0) is 13.1 Å². The Hall–Kier alpha value is -1.79. The molecule has 6 nitrogen and oxygen atoms in total. The van der Waals surface area contributed by atoms with Gasteiger partial charge in [-0.3, -0.25) is 9.69 Å². The van der Waals surface area contributed by atoms with Gasteiger partial charge < -0.3 is 20.3 Å². The molecule has 0 radical (unpaired) electrons. The number of likely N-dealkylation sites (tertiary alicyclic amines) is 1. The maximum atomic E-state index is 11.0. The van der Waals surface area contributed by atoms with Crippen LogP contribution in [0.2, 0.25) is 0 Å². The third kappa shape index (κ3) is 2.80. The highest BCUT2D eigenvalue weighted by molar-refractivity contribution is 5.77. The number of rotatable bonds is 5. The van der Waals surface area contributed by atoms with Crippen molar-refractivity contribution in [1.82, 2.24) is 4.90 Å². The molecule has 0 saturated carbocycles. The minimum Gasteiger partial charge on any atom is -0.493 e. The third-order valence-corrected chi connectivity index (χ3v) is 3.15. The minimum atomic E-state index is -1.12. The largest absolute Gasteiger partial charge is 0.493 e. The van der Waals surface area contributed by atoms with Gasteiger partial charge in [0.1, 0.15) is 12.1 Å². The summed E-state index contributed by atoms with van der Waals surface area (Å²) in [6.45, 7) is 1.61. The molecule has 104 valence electrons. The number of carboxylic acids is 1. The zero-order valence-corrected chi connectivity index (χ0v) is 11.0. The van der Waals surface area contributed by atoms with Gasteiger partial charge in [0.2, 0.25) is 0 Å². The van der Waals surface area contributed by atoms with Crippen molar-refractivity contribution in [3.05, 3.63) is 23.8 Å². The second-order valence-corrected chi connectivity index (χ2v) is 4.66. The van der Waals surface area contributed by atoms with Crippen molar-refractivity contribution in [3.8, 4) is 11.5 Å². The van der Waals surface area contributed by atoms with Crippen LogP contribution in [0, 0.1) is 0 Å². The summed E-state index contributed by atoms with van der Waals surface area (Å²) in [5.74, 6) is -0.161. The highest BCUT2D eigenvalue weighted by Crippen LogP contribution is 2.35. The second kappa shape index (κ2) is 5.46. The molecule has 0 aliphatic carbocycles. The number of likely N-dealkylation sites (N-methyl/N-ethyl adjacent to an activating group) is 1. The number of hydrogen-bond acceptors (Lipinski definition) is 5. The molecule has 2 rings (SSSR count). The number of hydrogen-bond donors (Lipinski definition) is 2. The summed E-state index contributed by atoms with van der Waals surface area (Å²) < 4.78 is 11.1. The van der Waals surface area contributed by atoms with Crippen LogP contribution in [-0.2, 0) is 4.79 Å². The molecule has 1 aromatic rings. The van der Waals surface area contributed by atoms with E-state index in [0.717, 1.165) is 13.1 Å². The number of methoxy groups -OCH3 is 1. The average Bonchev–Trinajstić information content (AvgIpc) is 2.36. The lowest BCUT2D eigenvalue weighted by Gasteiger charge is -2.36. The van der Waals surface area contributed by atoms with Crippen molar-refractivity contribution >= 4 is 5.97 Å². The van der Waals surface area contributed by atoms with E-state index in [9.17, 15) is 4.79 Å². The van der Waals surface area contributed by atoms with Crippen LogP contribution < -0.4 is 15.2 Å². The van der Waals surface area contributed by atoms with Crippen LogP contribution in [0.3, 0.4) is 0 Å². The van der Waals surface area contributed by atoms with Gasteiger partial charge in [-0.2, -0.15) is 0 Å². The number of nitrogens with zero attached hydrogens (tertiary/aromatic N) is 1. The second-order valence-electron chi connectivity index (χ2n) is 4.66. The maximum Gasteiger partial charge on any atom is 0.325 e. The molecule has 1 atom stereocenters. The van der Waals surface area contributed by atoms with Gasteiger partial charge in [-0.15, -0.1) is 0 Å². The van der Waals surface area contributed by atoms with Crippen molar-refractivity contribution in [2.24, 2.45) is 5.73 Å². The molecule has 1 saturated heterocycles. The number of aliphatic carboxylic acids is 1. The fourth-order valence-corrected chi connectivity index (χ4v) is 2.08. The van der Waals surface area contributed by atoms with Crippen molar-refractivity contribution in [2.45, 2.75) is 12.1 Å². The van der Waals surface area contributed by atoms with E-state index in [0.29, 0.717) is 17.1 Å². The summed E-state index contributed by atoms with van der Waals surface area (Å²) in [5, 5.41) is 9.04. The van der Waals surface area contributed by atoms with Crippen LogP contribution >= 0.6 is 0 Å². The number of para-hydroxylation sites is 1.